The molecule has 0 aromatic heterocycles. The van der Waals surface area contributed by atoms with Gasteiger partial charge >= 0.3 is 0 Å². The minimum atomic E-state index is -0.808. The number of aliphatic hydroxyl groups excluding tert-OH is 1. The SMILES string of the molecule is Cc1ccc(C/C(=C\O)C(=O)NCCSSCCCCC(C(=O)Nc2ccccc2)C(=O)Nc2ccccc2)cc1. The summed E-state index contributed by atoms with van der Waals surface area (Å²) in [6, 6.07) is 26.1. The number of unbranched alkanes of at least 4 members (excludes halogenated alkanes) is 1. The summed E-state index contributed by atoms with van der Waals surface area (Å²) in [6.07, 6.45) is 3.27. The van der Waals surface area contributed by atoms with Crippen molar-refractivity contribution in [2.75, 3.05) is 28.7 Å². The molecule has 3 aromatic rings. The second-order valence-electron chi connectivity index (χ2n) is 9.48. The van der Waals surface area contributed by atoms with E-state index >= 15 is 0 Å². The molecule has 0 atom stereocenters. The minimum absolute atomic E-state index is 0.271. The van der Waals surface area contributed by atoms with Crippen LogP contribution in [0.2, 0.25) is 0 Å². The molecule has 0 spiro atoms. The predicted octanol–water partition coefficient (Wildman–Crippen LogP) is 6.54. The molecular formula is C32H37N3O4S2. The molecule has 3 amide bonds. The molecule has 0 saturated carbocycles. The molecule has 0 aliphatic carbocycles. The van der Waals surface area contributed by atoms with Gasteiger partial charge in [-0.15, -0.1) is 0 Å². The first kappa shape index (κ1) is 31.8. The van der Waals surface area contributed by atoms with Crippen molar-refractivity contribution in [2.24, 2.45) is 5.92 Å². The third-order valence-corrected chi connectivity index (χ3v) is 8.70. The van der Waals surface area contributed by atoms with E-state index in [1.807, 2.05) is 67.6 Å². The molecule has 0 saturated heterocycles. The zero-order valence-electron chi connectivity index (χ0n) is 23.2. The molecule has 216 valence electrons. The normalized spacial score (nSPS) is 11.2. The van der Waals surface area contributed by atoms with Gasteiger partial charge in [-0.2, -0.15) is 0 Å². The average molecular weight is 592 g/mol. The van der Waals surface area contributed by atoms with Crippen molar-refractivity contribution in [3.63, 3.8) is 0 Å². The molecule has 4 N–H and O–H groups in total. The van der Waals surface area contributed by atoms with Crippen molar-refractivity contribution in [2.45, 2.75) is 32.6 Å². The zero-order valence-corrected chi connectivity index (χ0v) is 24.8. The lowest BCUT2D eigenvalue weighted by molar-refractivity contribution is -0.129. The highest BCUT2D eigenvalue weighted by Gasteiger charge is 2.26. The van der Waals surface area contributed by atoms with E-state index in [0.717, 1.165) is 41.7 Å². The predicted molar refractivity (Wildman–Crippen MR) is 171 cm³/mol. The smallest absolute Gasteiger partial charge is 0.250 e. The Morgan fingerprint density at radius 1 is 0.780 bits per heavy atom. The van der Waals surface area contributed by atoms with Crippen molar-refractivity contribution in [1.29, 1.82) is 0 Å². The van der Waals surface area contributed by atoms with E-state index in [1.54, 1.807) is 45.9 Å². The standard InChI is InChI=1S/C32H37N3O4S2/c1-24-15-17-25(18-16-24)22-26(23-36)30(37)33-19-21-41-40-20-9-8-14-29(31(38)34-27-10-4-2-5-11-27)32(39)35-28-12-6-3-7-13-28/h2-7,10-13,15-18,23,29,36H,8-9,14,19-22H2,1H3,(H,33,37)(H,34,38)(H,35,39)/b26-23+. The maximum Gasteiger partial charge on any atom is 0.250 e. The number of aryl methyl sites for hydroxylation is 1. The monoisotopic (exact) mass is 591 g/mol. The second kappa shape index (κ2) is 17.9. The zero-order chi connectivity index (χ0) is 29.3. The summed E-state index contributed by atoms with van der Waals surface area (Å²) in [7, 11) is 3.35. The average Bonchev–Trinajstić information content (AvgIpc) is 2.98. The molecule has 3 aromatic carbocycles. The quantitative estimate of drug-likeness (QED) is 0.0495. The Hall–Kier alpha value is -3.69. The molecule has 0 fully saturated rings. The van der Waals surface area contributed by atoms with Gasteiger partial charge in [-0.1, -0.05) is 94.2 Å². The third-order valence-electron chi connectivity index (χ3n) is 6.20. The van der Waals surface area contributed by atoms with Crippen LogP contribution in [0.3, 0.4) is 0 Å². The molecule has 3 rings (SSSR count). The number of nitrogens with one attached hydrogen (secondary N) is 3. The first-order chi connectivity index (χ1) is 20.0. The van der Waals surface area contributed by atoms with Crippen molar-refractivity contribution in [3.05, 3.63) is 108 Å². The van der Waals surface area contributed by atoms with Gasteiger partial charge < -0.3 is 21.1 Å². The lowest BCUT2D eigenvalue weighted by Crippen LogP contribution is -2.34. The lowest BCUT2D eigenvalue weighted by atomic mass is 9.99. The van der Waals surface area contributed by atoms with Crippen molar-refractivity contribution < 1.29 is 19.5 Å². The van der Waals surface area contributed by atoms with Crippen LogP contribution in [0.4, 0.5) is 11.4 Å². The van der Waals surface area contributed by atoms with Gasteiger partial charge in [0, 0.05) is 35.8 Å². The topological polar surface area (TPSA) is 108 Å². The van der Waals surface area contributed by atoms with Crippen LogP contribution in [0.15, 0.2) is 96.8 Å². The van der Waals surface area contributed by atoms with Crippen LogP contribution in [-0.2, 0) is 20.8 Å². The maximum atomic E-state index is 13.0. The van der Waals surface area contributed by atoms with Crippen LogP contribution in [0.25, 0.3) is 0 Å². The highest BCUT2D eigenvalue weighted by Crippen LogP contribution is 2.24. The first-order valence-electron chi connectivity index (χ1n) is 13.6. The molecule has 0 aliphatic heterocycles. The minimum Gasteiger partial charge on any atom is -0.515 e. The van der Waals surface area contributed by atoms with Gasteiger partial charge in [0.25, 0.3) is 5.91 Å². The van der Waals surface area contributed by atoms with E-state index in [1.165, 1.54) is 0 Å². The molecule has 9 heteroatoms. The Morgan fingerprint density at radius 2 is 1.34 bits per heavy atom. The van der Waals surface area contributed by atoms with E-state index in [4.69, 9.17) is 0 Å². The Labute approximate surface area is 250 Å². The summed E-state index contributed by atoms with van der Waals surface area (Å²) in [4.78, 5) is 38.4. The van der Waals surface area contributed by atoms with Crippen LogP contribution in [0.1, 0.15) is 30.4 Å². The lowest BCUT2D eigenvalue weighted by Gasteiger charge is -2.17. The highest BCUT2D eigenvalue weighted by molar-refractivity contribution is 8.76. The highest BCUT2D eigenvalue weighted by atomic mass is 33.1. The number of rotatable bonds is 16. The van der Waals surface area contributed by atoms with Crippen LogP contribution in [0, 0.1) is 12.8 Å². The van der Waals surface area contributed by atoms with Gasteiger partial charge in [-0.05, 0) is 49.6 Å². The molecule has 0 heterocycles. The van der Waals surface area contributed by atoms with Gasteiger partial charge in [-0.3, -0.25) is 14.4 Å². The number of carbonyl (C=O) groups excluding carboxylic acids is 3. The molecule has 41 heavy (non-hydrogen) atoms. The van der Waals surface area contributed by atoms with Crippen LogP contribution >= 0.6 is 21.6 Å². The van der Waals surface area contributed by atoms with Crippen molar-refractivity contribution in [1.82, 2.24) is 5.32 Å². The summed E-state index contributed by atoms with van der Waals surface area (Å²) in [5.41, 5.74) is 3.75. The summed E-state index contributed by atoms with van der Waals surface area (Å²) in [5, 5.41) is 18.1. The van der Waals surface area contributed by atoms with Gasteiger partial charge in [-0.25, -0.2) is 0 Å². The van der Waals surface area contributed by atoms with E-state index in [-0.39, 0.29) is 17.7 Å². The van der Waals surface area contributed by atoms with Crippen LogP contribution < -0.4 is 16.0 Å². The molecule has 0 radical (unpaired) electrons. The third kappa shape index (κ3) is 11.8. The fourth-order valence-corrected chi connectivity index (χ4v) is 5.99. The number of aliphatic hydroxyl groups is 1. The summed E-state index contributed by atoms with van der Waals surface area (Å²) in [5.74, 6) is -0.131. The Kier molecular flexibility index (Phi) is 13.9. The van der Waals surface area contributed by atoms with E-state index in [9.17, 15) is 19.5 Å². The first-order valence-corrected chi connectivity index (χ1v) is 16.1. The number of anilines is 2. The van der Waals surface area contributed by atoms with Crippen LogP contribution in [-0.4, -0.2) is 40.9 Å². The molecule has 0 bridgehead atoms. The summed E-state index contributed by atoms with van der Waals surface area (Å²) in [6.45, 7) is 2.49. The van der Waals surface area contributed by atoms with Gasteiger partial charge in [0.2, 0.25) is 11.8 Å². The van der Waals surface area contributed by atoms with Crippen LogP contribution in [0.5, 0.6) is 0 Å². The number of carbonyl (C=O) groups is 3. The van der Waals surface area contributed by atoms with Crippen molar-refractivity contribution in [3.8, 4) is 0 Å². The number of amides is 3. The van der Waals surface area contributed by atoms with Gasteiger partial charge in [0.05, 0.1) is 11.8 Å². The van der Waals surface area contributed by atoms with E-state index < -0.39 is 5.92 Å². The molecular weight excluding hydrogens is 555 g/mol. The fourth-order valence-electron chi connectivity index (χ4n) is 3.94. The Bertz CT molecular complexity index is 1220. The Morgan fingerprint density at radius 3 is 1.90 bits per heavy atom. The molecule has 0 aliphatic rings. The maximum absolute atomic E-state index is 13.0. The van der Waals surface area contributed by atoms with Gasteiger partial charge in [0.1, 0.15) is 5.92 Å². The fraction of sp³-hybridized carbons (Fsp3) is 0.281. The number of para-hydroxylation sites is 2. The van der Waals surface area contributed by atoms with Crippen molar-refractivity contribution >= 4 is 50.7 Å². The largest absolute Gasteiger partial charge is 0.515 e. The second-order valence-corrected chi connectivity index (χ2v) is 12.2. The summed E-state index contributed by atoms with van der Waals surface area (Å²) >= 11 is 0. The Balaban J connectivity index is 1.35. The number of hydrogen-bond donors (Lipinski definition) is 4. The van der Waals surface area contributed by atoms with Gasteiger partial charge in [0.15, 0.2) is 0 Å². The number of hydrogen-bond acceptors (Lipinski definition) is 6. The van der Waals surface area contributed by atoms with E-state index in [0.29, 0.717) is 36.3 Å². The molecule has 7 nitrogen and oxygen atoms in total. The number of benzene rings is 3. The molecule has 0 unspecified atom stereocenters. The summed E-state index contributed by atoms with van der Waals surface area (Å²) < 4.78 is 0. The van der Waals surface area contributed by atoms with E-state index in [2.05, 4.69) is 16.0 Å².